The van der Waals surface area contributed by atoms with Crippen molar-refractivity contribution in [1.82, 2.24) is 25.3 Å². The molecule has 0 saturated heterocycles. The van der Waals surface area contributed by atoms with Crippen LogP contribution >= 0.6 is 0 Å². The normalized spacial score (nSPS) is 20.5. The number of amides is 3. The summed E-state index contributed by atoms with van der Waals surface area (Å²) in [6.45, 7) is 4.96. The molecule has 0 unspecified atom stereocenters. The van der Waals surface area contributed by atoms with E-state index in [0.29, 0.717) is 25.2 Å². The number of carbonyl (C=O) groups excluding carboxylic acids is 3. The largest absolute Gasteiger partial charge is 0.351 e. The van der Waals surface area contributed by atoms with Crippen molar-refractivity contribution < 1.29 is 14.4 Å². The molecular weight excluding hydrogens is 418 g/mol. The van der Waals surface area contributed by atoms with E-state index in [4.69, 9.17) is 0 Å². The number of fused-ring (bicyclic) bond motifs is 1. The van der Waals surface area contributed by atoms with E-state index < -0.39 is 5.54 Å². The van der Waals surface area contributed by atoms with Gasteiger partial charge in [-0.3, -0.25) is 19.1 Å². The van der Waals surface area contributed by atoms with Crippen LogP contribution in [0.5, 0.6) is 0 Å². The van der Waals surface area contributed by atoms with E-state index in [1.54, 1.807) is 11.8 Å². The molecule has 176 valence electrons. The maximum atomic E-state index is 13.4. The van der Waals surface area contributed by atoms with Gasteiger partial charge in [0, 0.05) is 25.2 Å². The summed E-state index contributed by atoms with van der Waals surface area (Å²) in [5, 5.41) is 10.4. The minimum atomic E-state index is -1.05. The highest BCUT2D eigenvalue weighted by atomic mass is 16.2. The third kappa shape index (κ3) is 4.79. The van der Waals surface area contributed by atoms with Gasteiger partial charge in [-0.25, -0.2) is 0 Å². The molecule has 33 heavy (non-hydrogen) atoms. The number of hydrogen-bond acceptors (Lipinski definition) is 4. The van der Waals surface area contributed by atoms with Gasteiger partial charge in [0.2, 0.25) is 5.91 Å². The quantitative estimate of drug-likeness (QED) is 0.645. The number of nitrogens with one attached hydrogen (secondary N) is 2. The number of nitrogens with zero attached hydrogens (tertiary/aromatic N) is 3. The third-order valence-electron chi connectivity index (χ3n) is 6.70. The lowest BCUT2D eigenvalue weighted by molar-refractivity contribution is -0.133. The first kappa shape index (κ1) is 23.0. The minimum absolute atomic E-state index is 0.147. The van der Waals surface area contributed by atoms with Crippen molar-refractivity contribution in [1.29, 1.82) is 0 Å². The zero-order valence-corrected chi connectivity index (χ0v) is 19.5. The summed E-state index contributed by atoms with van der Waals surface area (Å²) in [6, 6.07) is 11.6. The number of carbonyl (C=O) groups is 3. The Hall–Kier alpha value is -3.16. The molecule has 2 N–H and O–H groups in total. The van der Waals surface area contributed by atoms with Crippen LogP contribution in [0.15, 0.2) is 36.4 Å². The van der Waals surface area contributed by atoms with Crippen LogP contribution in [0.25, 0.3) is 0 Å². The second kappa shape index (κ2) is 9.77. The lowest BCUT2D eigenvalue weighted by Crippen LogP contribution is -2.65. The molecule has 8 heteroatoms. The minimum Gasteiger partial charge on any atom is -0.351 e. The summed E-state index contributed by atoms with van der Waals surface area (Å²) in [5.74, 6) is -0.728. The lowest BCUT2D eigenvalue weighted by Gasteiger charge is -2.43. The highest BCUT2D eigenvalue weighted by Crippen LogP contribution is 2.29. The predicted molar refractivity (Wildman–Crippen MR) is 125 cm³/mol. The van der Waals surface area contributed by atoms with Crippen LogP contribution < -0.4 is 10.6 Å². The first-order valence-electron chi connectivity index (χ1n) is 12.0. The fourth-order valence-corrected chi connectivity index (χ4v) is 4.79. The summed E-state index contributed by atoms with van der Waals surface area (Å²) >= 11 is 0. The van der Waals surface area contributed by atoms with Crippen LogP contribution in [-0.4, -0.2) is 57.1 Å². The van der Waals surface area contributed by atoms with E-state index in [1.807, 2.05) is 37.3 Å². The molecule has 2 aliphatic rings. The molecule has 0 bridgehead atoms. The van der Waals surface area contributed by atoms with Crippen molar-refractivity contribution in [2.45, 2.75) is 70.5 Å². The Balaban J connectivity index is 1.49. The topological polar surface area (TPSA) is 96.3 Å². The van der Waals surface area contributed by atoms with Crippen molar-refractivity contribution >= 4 is 17.7 Å². The smallest absolute Gasteiger partial charge is 0.273 e. The molecule has 1 aromatic carbocycles. The molecule has 8 nitrogen and oxygen atoms in total. The van der Waals surface area contributed by atoms with Gasteiger partial charge in [0.1, 0.15) is 11.2 Å². The van der Waals surface area contributed by atoms with E-state index in [9.17, 15) is 14.4 Å². The highest BCUT2D eigenvalue weighted by molar-refractivity contribution is 6.01. The monoisotopic (exact) mass is 451 g/mol. The lowest BCUT2D eigenvalue weighted by atomic mass is 9.94. The van der Waals surface area contributed by atoms with Gasteiger partial charge in [0.25, 0.3) is 11.8 Å². The summed E-state index contributed by atoms with van der Waals surface area (Å²) in [7, 11) is 0. The molecule has 2 heterocycles. The van der Waals surface area contributed by atoms with E-state index in [-0.39, 0.29) is 36.0 Å². The Labute approximate surface area is 194 Å². The van der Waals surface area contributed by atoms with E-state index in [1.165, 1.54) is 10.7 Å². The summed E-state index contributed by atoms with van der Waals surface area (Å²) in [5.41, 5.74) is 0.637. The third-order valence-corrected chi connectivity index (χ3v) is 6.70. The molecule has 1 aromatic heterocycles. The predicted octanol–water partition coefficient (Wildman–Crippen LogP) is 2.54. The Morgan fingerprint density at radius 1 is 1.18 bits per heavy atom. The van der Waals surface area contributed by atoms with E-state index in [2.05, 4.69) is 15.7 Å². The number of hydrogen-bond donors (Lipinski definition) is 2. The first-order chi connectivity index (χ1) is 15.9. The van der Waals surface area contributed by atoms with Crippen molar-refractivity contribution in [2.24, 2.45) is 0 Å². The average molecular weight is 452 g/mol. The standard InChI is InChI=1S/C25H33N5O3/c1-3-15-29-23(32)21-16-20(22(31)26-14-13-18-9-5-4-6-10-18)28-30(21)17-25(29,2)24(33)27-19-11-7-8-12-19/h4-6,9-10,16,19H,3,7-8,11-15,17H2,1-2H3,(H,26,31)(H,27,33)/t25-/m1/s1. The van der Waals surface area contributed by atoms with Gasteiger partial charge in [0.05, 0.1) is 6.54 Å². The summed E-state index contributed by atoms with van der Waals surface area (Å²) < 4.78 is 1.52. The van der Waals surface area contributed by atoms with Gasteiger partial charge < -0.3 is 15.5 Å². The van der Waals surface area contributed by atoms with Gasteiger partial charge >= 0.3 is 0 Å². The Morgan fingerprint density at radius 2 is 1.91 bits per heavy atom. The Bertz CT molecular complexity index is 1010. The van der Waals surface area contributed by atoms with Gasteiger partial charge in [-0.2, -0.15) is 5.10 Å². The SMILES string of the molecule is CCCN1C(=O)c2cc(C(=O)NCCc3ccccc3)nn2C[C@]1(C)C(=O)NC1CCCC1. The van der Waals surface area contributed by atoms with Crippen LogP contribution in [0.3, 0.4) is 0 Å². The van der Waals surface area contributed by atoms with E-state index in [0.717, 1.165) is 37.7 Å². The maximum Gasteiger partial charge on any atom is 0.273 e. The summed E-state index contributed by atoms with van der Waals surface area (Å²) in [4.78, 5) is 41.0. The van der Waals surface area contributed by atoms with Crippen molar-refractivity contribution in [2.75, 3.05) is 13.1 Å². The fourth-order valence-electron chi connectivity index (χ4n) is 4.79. The maximum absolute atomic E-state index is 13.4. The van der Waals surface area contributed by atoms with Crippen molar-refractivity contribution in [3.05, 3.63) is 53.3 Å². The molecule has 3 amide bonds. The highest BCUT2D eigenvalue weighted by Gasteiger charge is 2.48. The molecule has 1 fully saturated rings. The molecule has 1 saturated carbocycles. The molecule has 1 atom stereocenters. The Kier molecular flexibility index (Phi) is 6.81. The van der Waals surface area contributed by atoms with Crippen LogP contribution in [-0.2, 0) is 17.8 Å². The molecule has 0 radical (unpaired) electrons. The second-order valence-corrected chi connectivity index (χ2v) is 9.25. The average Bonchev–Trinajstić information content (AvgIpc) is 3.47. The van der Waals surface area contributed by atoms with Crippen LogP contribution in [0.2, 0.25) is 0 Å². The number of aromatic nitrogens is 2. The number of benzene rings is 1. The zero-order valence-electron chi connectivity index (χ0n) is 19.5. The van der Waals surface area contributed by atoms with Crippen LogP contribution in [0.4, 0.5) is 0 Å². The fraction of sp³-hybridized carbons (Fsp3) is 0.520. The number of rotatable bonds is 8. The van der Waals surface area contributed by atoms with Gasteiger partial charge in [-0.05, 0) is 38.2 Å². The molecule has 1 aliphatic heterocycles. The van der Waals surface area contributed by atoms with Crippen LogP contribution in [0, 0.1) is 0 Å². The Morgan fingerprint density at radius 3 is 2.61 bits per heavy atom. The summed E-state index contributed by atoms with van der Waals surface area (Å²) in [6.07, 6.45) is 5.63. The molecule has 2 aromatic rings. The first-order valence-corrected chi connectivity index (χ1v) is 12.0. The molecule has 4 rings (SSSR count). The zero-order chi connectivity index (χ0) is 23.4. The van der Waals surface area contributed by atoms with Crippen LogP contribution in [0.1, 0.15) is 72.5 Å². The van der Waals surface area contributed by atoms with E-state index >= 15 is 0 Å². The molecule has 1 aliphatic carbocycles. The van der Waals surface area contributed by atoms with Gasteiger partial charge in [0.15, 0.2) is 5.69 Å². The van der Waals surface area contributed by atoms with Gasteiger partial charge in [-0.15, -0.1) is 0 Å². The molecule has 0 spiro atoms. The van der Waals surface area contributed by atoms with Crippen molar-refractivity contribution in [3.8, 4) is 0 Å². The second-order valence-electron chi connectivity index (χ2n) is 9.25. The van der Waals surface area contributed by atoms with Crippen molar-refractivity contribution in [3.63, 3.8) is 0 Å². The molecular formula is C25H33N5O3. The van der Waals surface area contributed by atoms with Gasteiger partial charge in [-0.1, -0.05) is 50.1 Å².